The van der Waals surface area contributed by atoms with Crippen LogP contribution in [0.25, 0.3) is 21.0 Å². The molecule has 0 aliphatic carbocycles. The van der Waals surface area contributed by atoms with Crippen LogP contribution in [0.3, 0.4) is 0 Å². The zero-order valence-electron chi connectivity index (χ0n) is 12.8. The summed E-state index contributed by atoms with van der Waals surface area (Å²) in [6, 6.07) is 17.6. The standard InChI is InChI=1S/C18H11N3O3S/c22-17(14-7-3-5-11-4-1-2-6-13(11)14)20-18-19-15-9-8-12(21(23)24)10-16(15)25-18/h1-10H,(H,19,20,22). The van der Waals surface area contributed by atoms with E-state index in [0.29, 0.717) is 20.9 Å². The Balaban J connectivity index is 1.68. The Morgan fingerprint density at radius 1 is 1.08 bits per heavy atom. The fourth-order valence-electron chi connectivity index (χ4n) is 2.67. The Bertz CT molecular complexity index is 1130. The van der Waals surface area contributed by atoms with Crippen LogP contribution in [0, 0.1) is 10.1 Å². The van der Waals surface area contributed by atoms with Gasteiger partial charge in [0.2, 0.25) is 0 Å². The third-order valence-corrected chi connectivity index (χ3v) is 4.77. The van der Waals surface area contributed by atoms with Crippen molar-refractivity contribution in [1.29, 1.82) is 0 Å². The van der Waals surface area contributed by atoms with Gasteiger partial charge in [-0.2, -0.15) is 0 Å². The number of aromatic nitrogens is 1. The van der Waals surface area contributed by atoms with Crippen LogP contribution in [0.2, 0.25) is 0 Å². The molecule has 0 atom stereocenters. The molecule has 6 nitrogen and oxygen atoms in total. The third-order valence-electron chi connectivity index (χ3n) is 3.84. The minimum absolute atomic E-state index is 0.00285. The van der Waals surface area contributed by atoms with Crippen LogP contribution >= 0.6 is 11.3 Å². The first-order valence-corrected chi connectivity index (χ1v) is 8.27. The number of nitrogens with one attached hydrogen (secondary N) is 1. The number of benzene rings is 3. The van der Waals surface area contributed by atoms with Crippen molar-refractivity contribution in [2.45, 2.75) is 0 Å². The lowest BCUT2D eigenvalue weighted by Gasteiger charge is -2.05. The number of fused-ring (bicyclic) bond motifs is 2. The molecule has 4 rings (SSSR count). The molecule has 1 amide bonds. The number of nitrogens with zero attached hydrogens (tertiary/aromatic N) is 2. The van der Waals surface area contributed by atoms with E-state index in [4.69, 9.17) is 0 Å². The van der Waals surface area contributed by atoms with E-state index in [1.807, 2.05) is 36.4 Å². The molecule has 1 aromatic heterocycles. The average molecular weight is 349 g/mol. The van der Waals surface area contributed by atoms with Crippen molar-refractivity contribution in [2.24, 2.45) is 0 Å². The monoisotopic (exact) mass is 349 g/mol. The maximum Gasteiger partial charge on any atom is 0.270 e. The van der Waals surface area contributed by atoms with Gasteiger partial charge in [0.05, 0.1) is 15.1 Å². The van der Waals surface area contributed by atoms with Crippen LogP contribution < -0.4 is 5.32 Å². The van der Waals surface area contributed by atoms with E-state index in [1.165, 1.54) is 23.5 Å². The number of rotatable bonds is 3. The highest BCUT2D eigenvalue weighted by molar-refractivity contribution is 7.22. The number of carbonyl (C=O) groups is 1. The summed E-state index contributed by atoms with van der Waals surface area (Å²) in [5.41, 5.74) is 1.18. The van der Waals surface area contributed by atoms with E-state index in [9.17, 15) is 14.9 Å². The number of hydrogen-bond donors (Lipinski definition) is 1. The molecular weight excluding hydrogens is 338 g/mol. The molecule has 0 spiro atoms. The molecule has 4 aromatic rings. The Morgan fingerprint density at radius 2 is 1.88 bits per heavy atom. The van der Waals surface area contributed by atoms with Gasteiger partial charge in [-0.1, -0.05) is 47.7 Å². The number of amides is 1. The first kappa shape index (κ1) is 15.2. The molecule has 7 heteroatoms. The van der Waals surface area contributed by atoms with Crippen LogP contribution in [0.4, 0.5) is 10.8 Å². The molecule has 1 N–H and O–H groups in total. The van der Waals surface area contributed by atoms with E-state index in [0.717, 1.165) is 10.8 Å². The quantitative estimate of drug-likeness (QED) is 0.432. The molecule has 0 aliphatic rings. The molecule has 0 bridgehead atoms. The van der Waals surface area contributed by atoms with E-state index >= 15 is 0 Å². The number of anilines is 1. The van der Waals surface area contributed by atoms with E-state index in [1.54, 1.807) is 12.1 Å². The molecule has 25 heavy (non-hydrogen) atoms. The fourth-order valence-corrected chi connectivity index (χ4v) is 3.56. The highest BCUT2D eigenvalue weighted by atomic mass is 32.1. The second kappa shape index (κ2) is 5.95. The highest BCUT2D eigenvalue weighted by Gasteiger charge is 2.14. The molecule has 122 valence electrons. The van der Waals surface area contributed by atoms with Crippen molar-refractivity contribution in [2.75, 3.05) is 5.32 Å². The normalized spacial score (nSPS) is 10.9. The Kier molecular flexibility index (Phi) is 3.62. The predicted octanol–water partition coefficient (Wildman–Crippen LogP) is 4.61. The minimum atomic E-state index is -0.451. The van der Waals surface area contributed by atoms with Gasteiger partial charge in [0, 0.05) is 17.7 Å². The van der Waals surface area contributed by atoms with Gasteiger partial charge >= 0.3 is 0 Å². The van der Waals surface area contributed by atoms with Gasteiger partial charge in [0.25, 0.3) is 11.6 Å². The molecule has 1 heterocycles. The maximum atomic E-state index is 12.6. The predicted molar refractivity (Wildman–Crippen MR) is 98.2 cm³/mol. The highest BCUT2D eigenvalue weighted by Crippen LogP contribution is 2.29. The van der Waals surface area contributed by atoms with Gasteiger partial charge in [-0.15, -0.1) is 0 Å². The van der Waals surface area contributed by atoms with Crippen molar-refractivity contribution >= 4 is 49.1 Å². The average Bonchev–Trinajstić information content (AvgIpc) is 3.02. The molecule has 0 unspecified atom stereocenters. The second-order valence-corrected chi connectivity index (χ2v) is 6.44. The molecule has 0 radical (unpaired) electrons. The van der Waals surface area contributed by atoms with E-state index in [2.05, 4.69) is 10.3 Å². The summed E-state index contributed by atoms with van der Waals surface area (Å²) in [7, 11) is 0. The number of thiazole rings is 1. The largest absolute Gasteiger partial charge is 0.298 e. The molecule has 0 saturated heterocycles. The van der Waals surface area contributed by atoms with Crippen molar-refractivity contribution in [3.63, 3.8) is 0 Å². The number of hydrogen-bond acceptors (Lipinski definition) is 5. The summed E-state index contributed by atoms with van der Waals surface area (Å²) >= 11 is 1.21. The zero-order valence-corrected chi connectivity index (χ0v) is 13.6. The van der Waals surface area contributed by atoms with E-state index < -0.39 is 4.92 Å². The Labute approximate surface area is 145 Å². The van der Waals surface area contributed by atoms with Gasteiger partial charge in [-0.05, 0) is 22.9 Å². The van der Waals surface area contributed by atoms with Crippen LogP contribution in [0.15, 0.2) is 60.7 Å². The SMILES string of the molecule is O=C(Nc1nc2ccc([N+](=O)[O-])cc2s1)c1cccc2ccccc12. The van der Waals surface area contributed by atoms with Crippen molar-refractivity contribution in [3.05, 3.63) is 76.3 Å². The second-order valence-electron chi connectivity index (χ2n) is 5.41. The summed E-state index contributed by atoms with van der Waals surface area (Å²) in [6.07, 6.45) is 0. The van der Waals surface area contributed by atoms with Gasteiger partial charge in [0.15, 0.2) is 5.13 Å². The Morgan fingerprint density at radius 3 is 2.72 bits per heavy atom. The summed E-state index contributed by atoms with van der Waals surface area (Å²) < 4.78 is 0.655. The molecule has 0 saturated carbocycles. The topological polar surface area (TPSA) is 85.1 Å². The number of nitro groups is 1. The maximum absolute atomic E-state index is 12.6. The van der Waals surface area contributed by atoms with Crippen LogP contribution in [-0.2, 0) is 0 Å². The van der Waals surface area contributed by atoms with E-state index in [-0.39, 0.29) is 11.6 Å². The molecule has 0 fully saturated rings. The number of nitro benzene ring substituents is 1. The first-order valence-electron chi connectivity index (χ1n) is 7.46. The minimum Gasteiger partial charge on any atom is -0.298 e. The summed E-state index contributed by atoms with van der Waals surface area (Å²) in [5.74, 6) is -0.259. The number of non-ortho nitro benzene ring substituents is 1. The summed E-state index contributed by atoms with van der Waals surface area (Å²) in [5, 5.41) is 15.9. The lowest BCUT2D eigenvalue weighted by molar-refractivity contribution is -0.384. The van der Waals surface area contributed by atoms with Crippen LogP contribution in [-0.4, -0.2) is 15.8 Å². The van der Waals surface area contributed by atoms with Crippen LogP contribution in [0.5, 0.6) is 0 Å². The van der Waals surface area contributed by atoms with Gasteiger partial charge < -0.3 is 0 Å². The fraction of sp³-hybridized carbons (Fsp3) is 0. The van der Waals surface area contributed by atoms with Gasteiger partial charge in [-0.25, -0.2) is 4.98 Å². The molecule has 0 aliphatic heterocycles. The van der Waals surface area contributed by atoms with Crippen LogP contribution in [0.1, 0.15) is 10.4 Å². The summed E-state index contributed by atoms with van der Waals surface area (Å²) in [4.78, 5) is 27.4. The van der Waals surface area contributed by atoms with Crippen molar-refractivity contribution < 1.29 is 9.72 Å². The zero-order chi connectivity index (χ0) is 17.4. The molecular formula is C18H11N3O3S. The lowest BCUT2D eigenvalue weighted by Crippen LogP contribution is -2.12. The number of carbonyl (C=O) groups excluding carboxylic acids is 1. The van der Waals surface area contributed by atoms with Crippen molar-refractivity contribution in [3.8, 4) is 0 Å². The van der Waals surface area contributed by atoms with Crippen molar-refractivity contribution in [1.82, 2.24) is 4.98 Å². The van der Waals surface area contributed by atoms with Gasteiger partial charge in [0.1, 0.15) is 0 Å². The smallest absolute Gasteiger partial charge is 0.270 e. The third kappa shape index (κ3) is 2.81. The molecule has 3 aromatic carbocycles. The lowest BCUT2D eigenvalue weighted by atomic mass is 10.0. The first-order chi connectivity index (χ1) is 12.1. The Hall–Kier alpha value is -3.32. The summed E-state index contributed by atoms with van der Waals surface area (Å²) in [6.45, 7) is 0. The van der Waals surface area contributed by atoms with Gasteiger partial charge in [-0.3, -0.25) is 20.2 Å².